The topological polar surface area (TPSA) is 51.2 Å². The highest BCUT2D eigenvalue weighted by Crippen LogP contribution is 2.28. The van der Waals surface area contributed by atoms with E-state index in [2.05, 4.69) is 23.6 Å². The minimum Gasteiger partial charge on any atom is -0.493 e. The first-order chi connectivity index (χ1) is 13.2. The van der Waals surface area contributed by atoms with E-state index in [9.17, 15) is 5.11 Å². The molecule has 0 fully saturated rings. The van der Waals surface area contributed by atoms with Gasteiger partial charge in [-0.1, -0.05) is 42.5 Å². The van der Waals surface area contributed by atoms with E-state index in [4.69, 9.17) is 14.2 Å². The van der Waals surface area contributed by atoms with Crippen LogP contribution in [0.2, 0.25) is 0 Å². The Morgan fingerprint density at radius 1 is 1.00 bits per heavy atom. The number of ether oxygens (including phenoxy) is 3. The van der Waals surface area contributed by atoms with E-state index in [0.29, 0.717) is 31.2 Å². The maximum absolute atomic E-state index is 10.3. The number of benzene rings is 2. The van der Waals surface area contributed by atoms with Gasteiger partial charge in [-0.2, -0.15) is 0 Å². The molecule has 5 nitrogen and oxygen atoms in total. The molecule has 5 heteroatoms. The normalized spacial score (nSPS) is 12.0. The van der Waals surface area contributed by atoms with Crippen molar-refractivity contribution in [3.05, 3.63) is 72.3 Å². The first-order valence-corrected chi connectivity index (χ1v) is 9.00. The molecule has 146 valence electrons. The maximum Gasteiger partial charge on any atom is 0.161 e. The van der Waals surface area contributed by atoms with Gasteiger partial charge in [0, 0.05) is 19.6 Å². The van der Waals surface area contributed by atoms with E-state index in [1.54, 1.807) is 20.3 Å². The van der Waals surface area contributed by atoms with Crippen LogP contribution in [0.4, 0.5) is 0 Å². The van der Waals surface area contributed by atoms with Crippen molar-refractivity contribution in [2.45, 2.75) is 19.2 Å². The number of hydrogen-bond donors (Lipinski definition) is 1. The molecule has 27 heavy (non-hydrogen) atoms. The predicted molar refractivity (Wildman–Crippen MR) is 107 cm³/mol. The van der Waals surface area contributed by atoms with Gasteiger partial charge in [-0.15, -0.1) is 6.58 Å². The van der Waals surface area contributed by atoms with Crippen molar-refractivity contribution in [2.24, 2.45) is 0 Å². The fourth-order valence-corrected chi connectivity index (χ4v) is 2.90. The number of methoxy groups -OCH3 is 2. The zero-order valence-electron chi connectivity index (χ0n) is 16.1. The van der Waals surface area contributed by atoms with E-state index in [1.807, 2.05) is 36.4 Å². The lowest BCUT2D eigenvalue weighted by atomic mass is 10.1. The highest BCUT2D eigenvalue weighted by molar-refractivity contribution is 5.42. The molecule has 0 radical (unpaired) electrons. The summed E-state index contributed by atoms with van der Waals surface area (Å²) in [5.74, 6) is 1.40. The van der Waals surface area contributed by atoms with Gasteiger partial charge in [-0.3, -0.25) is 4.90 Å². The number of aliphatic hydroxyl groups excluding tert-OH is 1. The molecule has 0 aromatic heterocycles. The van der Waals surface area contributed by atoms with Gasteiger partial charge in [0.05, 0.1) is 33.5 Å². The third-order valence-corrected chi connectivity index (χ3v) is 4.12. The molecule has 0 unspecified atom stereocenters. The smallest absolute Gasteiger partial charge is 0.161 e. The van der Waals surface area contributed by atoms with Crippen LogP contribution >= 0.6 is 0 Å². The fraction of sp³-hybridized carbons (Fsp3) is 0.364. The molecule has 0 amide bonds. The standard InChI is InChI=1S/C22H29NO4/c1-4-12-27-17-20(24)16-23(14-18-8-6-5-7-9-18)15-19-10-11-21(25-2)22(13-19)26-3/h4-11,13,20,24H,1,12,14-17H2,2-3H3/t20-/m0/s1. The van der Waals surface area contributed by atoms with E-state index in [-0.39, 0.29) is 6.61 Å². The average Bonchev–Trinajstić information content (AvgIpc) is 2.68. The van der Waals surface area contributed by atoms with Crippen molar-refractivity contribution in [1.82, 2.24) is 4.90 Å². The Morgan fingerprint density at radius 3 is 2.37 bits per heavy atom. The van der Waals surface area contributed by atoms with Gasteiger partial charge in [0.15, 0.2) is 11.5 Å². The van der Waals surface area contributed by atoms with Gasteiger partial charge in [-0.05, 0) is 23.3 Å². The minimum absolute atomic E-state index is 0.281. The van der Waals surface area contributed by atoms with Gasteiger partial charge in [0.2, 0.25) is 0 Å². The summed E-state index contributed by atoms with van der Waals surface area (Å²) in [6, 6.07) is 16.1. The average molecular weight is 371 g/mol. The highest BCUT2D eigenvalue weighted by atomic mass is 16.5. The second-order valence-electron chi connectivity index (χ2n) is 6.32. The zero-order chi connectivity index (χ0) is 19.5. The predicted octanol–water partition coefficient (Wildman–Crippen LogP) is 3.27. The number of rotatable bonds is 12. The first kappa shape index (κ1) is 21.0. The van der Waals surface area contributed by atoms with Crippen LogP contribution < -0.4 is 9.47 Å². The molecule has 2 aromatic carbocycles. The summed E-state index contributed by atoms with van der Waals surface area (Å²) >= 11 is 0. The van der Waals surface area contributed by atoms with Crippen molar-refractivity contribution in [3.63, 3.8) is 0 Å². The third kappa shape index (κ3) is 7.06. The molecule has 0 saturated carbocycles. The van der Waals surface area contributed by atoms with E-state index >= 15 is 0 Å². The maximum atomic E-state index is 10.3. The summed E-state index contributed by atoms with van der Waals surface area (Å²) < 4.78 is 16.1. The Hall–Kier alpha value is -2.34. The van der Waals surface area contributed by atoms with Crippen molar-refractivity contribution < 1.29 is 19.3 Å². The molecule has 2 aromatic rings. The number of nitrogens with zero attached hydrogens (tertiary/aromatic N) is 1. The molecule has 1 atom stereocenters. The summed E-state index contributed by atoms with van der Waals surface area (Å²) in [5.41, 5.74) is 2.28. The number of hydrogen-bond acceptors (Lipinski definition) is 5. The summed E-state index contributed by atoms with van der Waals surface area (Å²) in [6.07, 6.45) is 1.10. The van der Waals surface area contributed by atoms with Gasteiger partial charge in [0.25, 0.3) is 0 Å². The SMILES string of the molecule is C=CCOC[C@@H](O)CN(Cc1ccccc1)Cc1ccc(OC)c(OC)c1. The lowest BCUT2D eigenvalue weighted by molar-refractivity contribution is 0.0228. The van der Waals surface area contributed by atoms with E-state index < -0.39 is 6.10 Å². The Bertz CT molecular complexity index is 690. The highest BCUT2D eigenvalue weighted by Gasteiger charge is 2.14. The molecule has 0 aliphatic heterocycles. The zero-order valence-corrected chi connectivity index (χ0v) is 16.1. The first-order valence-electron chi connectivity index (χ1n) is 9.00. The van der Waals surface area contributed by atoms with Crippen molar-refractivity contribution >= 4 is 0 Å². The van der Waals surface area contributed by atoms with Crippen molar-refractivity contribution in [2.75, 3.05) is 34.0 Å². The van der Waals surface area contributed by atoms with Crippen molar-refractivity contribution in [1.29, 1.82) is 0 Å². The van der Waals surface area contributed by atoms with Crippen LogP contribution in [0.3, 0.4) is 0 Å². The second kappa shape index (κ2) is 11.4. The van der Waals surface area contributed by atoms with Crippen molar-refractivity contribution in [3.8, 4) is 11.5 Å². The summed E-state index contributed by atoms with van der Waals surface area (Å²) in [7, 11) is 3.25. The van der Waals surface area contributed by atoms with Crippen LogP contribution in [0, 0.1) is 0 Å². The quantitative estimate of drug-likeness (QED) is 0.458. The molecule has 1 N–H and O–H groups in total. The van der Waals surface area contributed by atoms with Crippen LogP contribution in [0.1, 0.15) is 11.1 Å². The van der Waals surface area contributed by atoms with Crippen LogP contribution in [0.15, 0.2) is 61.2 Å². The molecule has 0 aliphatic carbocycles. The van der Waals surface area contributed by atoms with Gasteiger partial charge in [0.1, 0.15) is 0 Å². The molecule has 0 aliphatic rings. The monoisotopic (exact) mass is 371 g/mol. The minimum atomic E-state index is -0.575. The van der Waals surface area contributed by atoms with E-state index in [0.717, 1.165) is 12.1 Å². The Morgan fingerprint density at radius 2 is 1.70 bits per heavy atom. The molecule has 0 bridgehead atoms. The Labute approximate surface area is 161 Å². The van der Waals surface area contributed by atoms with Gasteiger partial charge >= 0.3 is 0 Å². The second-order valence-corrected chi connectivity index (χ2v) is 6.32. The number of aliphatic hydroxyl groups is 1. The molecule has 0 spiro atoms. The Kier molecular flexibility index (Phi) is 8.84. The molecular weight excluding hydrogens is 342 g/mol. The van der Waals surface area contributed by atoms with Crippen LogP contribution in [0.25, 0.3) is 0 Å². The van der Waals surface area contributed by atoms with Gasteiger partial charge < -0.3 is 19.3 Å². The summed E-state index contributed by atoms with van der Waals surface area (Å²) in [4.78, 5) is 2.19. The largest absolute Gasteiger partial charge is 0.493 e. The molecular formula is C22H29NO4. The molecule has 2 rings (SSSR count). The third-order valence-electron chi connectivity index (χ3n) is 4.12. The summed E-state index contributed by atoms with van der Waals surface area (Å²) in [6.45, 7) is 6.24. The Balaban J connectivity index is 2.09. The lowest BCUT2D eigenvalue weighted by Gasteiger charge is -2.25. The molecule has 0 heterocycles. The summed E-state index contributed by atoms with van der Waals surface area (Å²) in [5, 5.41) is 10.3. The van der Waals surface area contributed by atoms with Gasteiger partial charge in [-0.25, -0.2) is 0 Å². The lowest BCUT2D eigenvalue weighted by Crippen LogP contribution is -2.34. The van der Waals surface area contributed by atoms with Crippen LogP contribution in [-0.4, -0.2) is 50.1 Å². The fourth-order valence-electron chi connectivity index (χ4n) is 2.90. The molecule has 0 saturated heterocycles. The van der Waals surface area contributed by atoms with Crippen LogP contribution in [0.5, 0.6) is 11.5 Å². The van der Waals surface area contributed by atoms with Crippen LogP contribution in [-0.2, 0) is 17.8 Å². The van der Waals surface area contributed by atoms with E-state index in [1.165, 1.54) is 5.56 Å².